The highest BCUT2D eigenvalue weighted by Gasteiger charge is 2.33. The normalized spacial score (nSPS) is 30.1. The second-order valence-electron chi connectivity index (χ2n) is 4.00. The third kappa shape index (κ3) is 2.80. The van der Waals surface area contributed by atoms with E-state index in [1.54, 1.807) is 6.92 Å². The van der Waals surface area contributed by atoms with Gasteiger partial charge in [0.1, 0.15) is 0 Å². The average Bonchev–Trinajstić information content (AvgIpc) is 2.02. The molecule has 1 aliphatic heterocycles. The fourth-order valence-corrected chi connectivity index (χ4v) is 3.06. The molecule has 4 nitrogen and oxygen atoms in total. The van der Waals surface area contributed by atoms with Crippen molar-refractivity contribution in [2.45, 2.75) is 25.4 Å². The quantitative estimate of drug-likeness (QED) is 0.697. The molecule has 1 unspecified atom stereocenters. The van der Waals surface area contributed by atoms with Gasteiger partial charge in [0.2, 0.25) is 10.0 Å². The van der Waals surface area contributed by atoms with Gasteiger partial charge in [-0.25, -0.2) is 8.42 Å². The average molecular weight is 219 g/mol. The Morgan fingerprint density at radius 3 is 2.79 bits per heavy atom. The Bertz CT molecular complexity index is 308. The summed E-state index contributed by atoms with van der Waals surface area (Å²) in [6.07, 6.45) is 2.75. The Morgan fingerprint density at radius 1 is 1.64 bits per heavy atom. The van der Waals surface area contributed by atoms with E-state index >= 15 is 0 Å². The van der Waals surface area contributed by atoms with Gasteiger partial charge in [-0.15, -0.1) is 6.58 Å². The minimum Gasteiger partial charge on any atom is -0.389 e. The fraction of sp³-hybridized carbons (Fsp3) is 0.778. The maximum Gasteiger partial charge on any atom is 0.217 e. The maximum absolute atomic E-state index is 11.6. The van der Waals surface area contributed by atoms with Crippen LogP contribution >= 0.6 is 0 Å². The summed E-state index contributed by atoms with van der Waals surface area (Å²) in [6.45, 7) is 5.78. The van der Waals surface area contributed by atoms with Crippen molar-refractivity contribution in [3.05, 3.63) is 12.7 Å². The predicted molar refractivity (Wildman–Crippen MR) is 55.4 cm³/mol. The minimum atomic E-state index is -3.25. The van der Waals surface area contributed by atoms with E-state index in [1.165, 1.54) is 10.4 Å². The first-order valence-electron chi connectivity index (χ1n) is 4.68. The maximum atomic E-state index is 11.6. The molecule has 1 saturated heterocycles. The van der Waals surface area contributed by atoms with Crippen LogP contribution in [0.15, 0.2) is 12.7 Å². The van der Waals surface area contributed by atoms with Crippen LogP contribution in [0.5, 0.6) is 0 Å². The number of β-amino-alcohol motifs (C(OH)–C–C–N with tert-alkyl or cyclic N) is 1. The van der Waals surface area contributed by atoms with Crippen LogP contribution in [-0.2, 0) is 10.0 Å². The van der Waals surface area contributed by atoms with Crippen molar-refractivity contribution in [3.63, 3.8) is 0 Å². The van der Waals surface area contributed by atoms with Gasteiger partial charge in [-0.2, -0.15) is 4.31 Å². The van der Waals surface area contributed by atoms with E-state index in [1.807, 2.05) is 0 Å². The Hall–Kier alpha value is -0.390. The smallest absolute Gasteiger partial charge is 0.217 e. The summed E-state index contributed by atoms with van der Waals surface area (Å²) in [5.74, 6) is -0.0525. The first kappa shape index (κ1) is 11.7. The molecule has 0 aromatic rings. The van der Waals surface area contributed by atoms with E-state index in [4.69, 9.17) is 0 Å². The Balaban J connectivity index is 2.74. The highest BCUT2D eigenvalue weighted by molar-refractivity contribution is 7.89. The molecule has 1 N–H and O–H groups in total. The van der Waals surface area contributed by atoms with Crippen LogP contribution in [-0.4, -0.2) is 42.3 Å². The molecular weight excluding hydrogens is 202 g/mol. The zero-order valence-corrected chi connectivity index (χ0v) is 9.26. The molecule has 0 aliphatic carbocycles. The van der Waals surface area contributed by atoms with Gasteiger partial charge in [-0.1, -0.05) is 6.08 Å². The molecule has 0 aromatic heterocycles. The lowest BCUT2D eigenvalue weighted by Crippen LogP contribution is -2.48. The number of sulfonamides is 1. The SMILES string of the molecule is C=CCS(=O)(=O)N1CCCC(C)(O)C1. The molecular formula is C9H17NO3S. The largest absolute Gasteiger partial charge is 0.389 e. The topological polar surface area (TPSA) is 57.6 Å². The van der Waals surface area contributed by atoms with E-state index < -0.39 is 15.6 Å². The number of hydrogen-bond acceptors (Lipinski definition) is 3. The molecule has 0 spiro atoms. The van der Waals surface area contributed by atoms with E-state index in [-0.39, 0.29) is 12.3 Å². The lowest BCUT2D eigenvalue weighted by molar-refractivity contribution is 0.00949. The van der Waals surface area contributed by atoms with Crippen molar-refractivity contribution in [1.82, 2.24) is 4.31 Å². The summed E-state index contributed by atoms with van der Waals surface area (Å²) in [6, 6.07) is 0. The van der Waals surface area contributed by atoms with E-state index in [0.29, 0.717) is 19.4 Å². The predicted octanol–water partition coefficient (Wildman–Crippen LogP) is 0.349. The van der Waals surface area contributed by atoms with Gasteiger partial charge >= 0.3 is 0 Å². The molecule has 0 bridgehead atoms. The Labute approximate surface area is 85.3 Å². The van der Waals surface area contributed by atoms with Gasteiger partial charge in [0.15, 0.2) is 0 Å². The molecule has 0 aromatic carbocycles. The van der Waals surface area contributed by atoms with Crippen LogP contribution in [0.1, 0.15) is 19.8 Å². The molecule has 14 heavy (non-hydrogen) atoms. The highest BCUT2D eigenvalue weighted by atomic mass is 32.2. The molecule has 82 valence electrons. The molecule has 1 fully saturated rings. The van der Waals surface area contributed by atoms with E-state index in [9.17, 15) is 13.5 Å². The number of nitrogens with zero attached hydrogens (tertiary/aromatic N) is 1. The minimum absolute atomic E-state index is 0.0525. The molecule has 1 atom stereocenters. The first-order chi connectivity index (χ1) is 6.37. The third-order valence-corrected chi connectivity index (χ3v) is 4.12. The standard InChI is InChI=1S/C9H17NO3S/c1-3-7-14(12,13)10-6-4-5-9(2,11)8-10/h3,11H,1,4-8H2,2H3. The summed E-state index contributed by atoms with van der Waals surface area (Å²) >= 11 is 0. The van der Waals surface area contributed by atoms with Gasteiger partial charge in [-0.3, -0.25) is 0 Å². The number of aliphatic hydroxyl groups is 1. The lowest BCUT2D eigenvalue weighted by atomic mass is 9.97. The van der Waals surface area contributed by atoms with Gasteiger partial charge in [-0.05, 0) is 19.8 Å². The Morgan fingerprint density at radius 2 is 2.29 bits per heavy atom. The van der Waals surface area contributed by atoms with Gasteiger partial charge < -0.3 is 5.11 Å². The Kier molecular flexibility index (Phi) is 3.34. The second-order valence-corrected chi connectivity index (χ2v) is 6.01. The van der Waals surface area contributed by atoms with Gasteiger partial charge in [0, 0.05) is 13.1 Å². The van der Waals surface area contributed by atoms with Crippen LogP contribution in [0.3, 0.4) is 0 Å². The van der Waals surface area contributed by atoms with Crippen LogP contribution in [0.4, 0.5) is 0 Å². The molecule has 1 heterocycles. The van der Waals surface area contributed by atoms with Crippen molar-refractivity contribution in [3.8, 4) is 0 Å². The lowest BCUT2D eigenvalue weighted by Gasteiger charge is -2.35. The van der Waals surface area contributed by atoms with Crippen molar-refractivity contribution < 1.29 is 13.5 Å². The van der Waals surface area contributed by atoms with Crippen LogP contribution < -0.4 is 0 Å². The van der Waals surface area contributed by atoms with Crippen molar-refractivity contribution >= 4 is 10.0 Å². The van der Waals surface area contributed by atoms with E-state index in [2.05, 4.69) is 6.58 Å². The van der Waals surface area contributed by atoms with Crippen LogP contribution in [0.25, 0.3) is 0 Å². The number of piperidine rings is 1. The van der Waals surface area contributed by atoms with Crippen molar-refractivity contribution in [1.29, 1.82) is 0 Å². The van der Waals surface area contributed by atoms with Gasteiger partial charge in [0.05, 0.1) is 11.4 Å². The molecule has 1 aliphatic rings. The summed E-state index contributed by atoms with van der Waals surface area (Å²) < 4.78 is 24.6. The summed E-state index contributed by atoms with van der Waals surface area (Å²) in [7, 11) is -3.25. The monoisotopic (exact) mass is 219 g/mol. The fourth-order valence-electron chi connectivity index (χ4n) is 1.67. The summed E-state index contributed by atoms with van der Waals surface area (Å²) in [4.78, 5) is 0. The zero-order chi connectivity index (χ0) is 10.8. The van der Waals surface area contributed by atoms with Crippen molar-refractivity contribution in [2.24, 2.45) is 0 Å². The number of hydrogen-bond donors (Lipinski definition) is 1. The molecule has 5 heteroatoms. The zero-order valence-electron chi connectivity index (χ0n) is 8.44. The summed E-state index contributed by atoms with van der Waals surface area (Å²) in [5.41, 5.74) is -0.882. The van der Waals surface area contributed by atoms with Crippen LogP contribution in [0.2, 0.25) is 0 Å². The highest BCUT2D eigenvalue weighted by Crippen LogP contribution is 2.22. The van der Waals surface area contributed by atoms with E-state index in [0.717, 1.165) is 0 Å². The van der Waals surface area contributed by atoms with Crippen molar-refractivity contribution in [2.75, 3.05) is 18.8 Å². The molecule has 0 radical (unpaired) electrons. The van der Waals surface area contributed by atoms with Gasteiger partial charge in [0.25, 0.3) is 0 Å². The molecule has 0 saturated carbocycles. The molecule has 1 rings (SSSR count). The second kappa shape index (κ2) is 4.00. The van der Waals surface area contributed by atoms with Crippen LogP contribution in [0, 0.1) is 0 Å². The summed E-state index contributed by atoms with van der Waals surface area (Å²) in [5, 5.41) is 9.74. The number of rotatable bonds is 3. The third-order valence-electron chi connectivity index (χ3n) is 2.36. The first-order valence-corrected chi connectivity index (χ1v) is 6.29. The molecule has 0 amide bonds.